The molecule has 1 aromatic carbocycles. The molecule has 88 valence electrons. The lowest BCUT2D eigenvalue weighted by molar-refractivity contribution is 0.0691. The highest BCUT2D eigenvalue weighted by Crippen LogP contribution is 2.18. The number of hydrogen-bond acceptors (Lipinski definition) is 2. The number of halogens is 2. The van der Waals surface area contributed by atoms with Crippen LogP contribution in [0.3, 0.4) is 0 Å². The summed E-state index contributed by atoms with van der Waals surface area (Å²) in [5.74, 6) is -1.49. The largest absolute Gasteiger partial charge is 0.476 e. The van der Waals surface area contributed by atoms with Gasteiger partial charge in [-0.1, -0.05) is 11.6 Å². The van der Waals surface area contributed by atoms with Crippen molar-refractivity contribution in [2.24, 2.45) is 0 Å². The Morgan fingerprint density at radius 3 is 2.94 bits per heavy atom. The van der Waals surface area contributed by atoms with Gasteiger partial charge in [0.05, 0.1) is 12.9 Å². The predicted octanol–water partition coefficient (Wildman–Crippen LogP) is 2.42. The van der Waals surface area contributed by atoms with Crippen LogP contribution >= 0.6 is 11.6 Å². The fourth-order valence-corrected chi connectivity index (χ4v) is 1.60. The van der Waals surface area contributed by atoms with Crippen LogP contribution in [0.15, 0.2) is 30.7 Å². The molecule has 0 aliphatic carbocycles. The van der Waals surface area contributed by atoms with E-state index in [1.807, 2.05) is 0 Å². The van der Waals surface area contributed by atoms with Gasteiger partial charge in [-0.3, -0.25) is 0 Å². The first-order valence-corrected chi connectivity index (χ1v) is 5.13. The number of carbonyl (C=O) groups is 1. The van der Waals surface area contributed by atoms with Gasteiger partial charge in [0, 0.05) is 11.2 Å². The average molecular weight is 255 g/mol. The average Bonchev–Trinajstić information content (AvgIpc) is 2.72. The zero-order valence-electron chi connectivity index (χ0n) is 8.60. The Balaban J connectivity index is 2.25. The molecule has 4 nitrogen and oxygen atoms in total. The third-order valence-electron chi connectivity index (χ3n) is 2.21. The summed E-state index contributed by atoms with van der Waals surface area (Å²) in [5, 5.41) is 9.13. The minimum atomic E-state index is -1.10. The summed E-state index contributed by atoms with van der Waals surface area (Å²) < 4.78 is 14.5. The van der Waals surface area contributed by atoms with E-state index >= 15 is 0 Å². The molecule has 0 spiro atoms. The molecule has 1 N–H and O–H groups in total. The third kappa shape index (κ3) is 2.62. The summed E-state index contributed by atoms with van der Waals surface area (Å²) in [4.78, 5) is 14.3. The number of carboxylic acids is 1. The molecular formula is C11H8ClFN2O2. The van der Waals surface area contributed by atoms with Crippen molar-refractivity contribution in [2.45, 2.75) is 6.54 Å². The highest BCUT2D eigenvalue weighted by atomic mass is 35.5. The van der Waals surface area contributed by atoms with E-state index in [2.05, 4.69) is 4.98 Å². The fourth-order valence-electron chi connectivity index (χ4n) is 1.42. The molecule has 0 amide bonds. The summed E-state index contributed by atoms with van der Waals surface area (Å²) in [6.45, 7) is 0.275. The maximum absolute atomic E-state index is 13.0. The smallest absolute Gasteiger partial charge is 0.356 e. The molecule has 0 saturated carbocycles. The molecule has 2 rings (SSSR count). The summed E-state index contributed by atoms with van der Waals surface area (Å²) in [6.07, 6.45) is 2.73. The molecular weight excluding hydrogens is 247 g/mol. The lowest BCUT2D eigenvalue weighted by Gasteiger charge is -2.04. The van der Waals surface area contributed by atoms with E-state index in [0.29, 0.717) is 10.6 Å². The first-order valence-electron chi connectivity index (χ1n) is 4.75. The molecule has 0 fully saturated rings. The summed E-state index contributed by atoms with van der Waals surface area (Å²) in [5.41, 5.74) is 0.513. The topological polar surface area (TPSA) is 55.1 Å². The second kappa shape index (κ2) is 4.55. The van der Waals surface area contributed by atoms with Crippen LogP contribution in [0.1, 0.15) is 16.1 Å². The van der Waals surface area contributed by atoms with Gasteiger partial charge in [0.25, 0.3) is 0 Å². The Morgan fingerprint density at radius 1 is 1.53 bits per heavy atom. The maximum Gasteiger partial charge on any atom is 0.356 e. The maximum atomic E-state index is 13.0. The van der Waals surface area contributed by atoms with Gasteiger partial charge < -0.3 is 9.67 Å². The van der Waals surface area contributed by atoms with Gasteiger partial charge in [-0.15, -0.1) is 0 Å². The van der Waals surface area contributed by atoms with E-state index in [1.165, 1.54) is 35.3 Å². The Labute approximate surface area is 101 Å². The zero-order chi connectivity index (χ0) is 12.4. The number of imidazole rings is 1. The molecule has 0 unspecified atom stereocenters. The number of benzene rings is 1. The first-order chi connectivity index (χ1) is 8.06. The van der Waals surface area contributed by atoms with E-state index in [9.17, 15) is 9.18 Å². The number of aromatic carboxylic acids is 1. The van der Waals surface area contributed by atoms with Crippen LogP contribution in [0, 0.1) is 5.82 Å². The number of hydrogen-bond donors (Lipinski definition) is 1. The van der Waals surface area contributed by atoms with Crippen molar-refractivity contribution >= 4 is 17.6 Å². The number of carboxylic acid groups (broad SMARTS) is 1. The summed E-state index contributed by atoms with van der Waals surface area (Å²) in [7, 11) is 0. The third-order valence-corrected chi connectivity index (χ3v) is 2.58. The van der Waals surface area contributed by atoms with Crippen LogP contribution < -0.4 is 0 Å². The number of nitrogens with zero attached hydrogens (tertiary/aromatic N) is 2. The zero-order valence-corrected chi connectivity index (χ0v) is 9.36. The van der Waals surface area contributed by atoms with Gasteiger partial charge in [0.1, 0.15) is 5.82 Å². The van der Waals surface area contributed by atoms with Crippen LogP contribution in [0.25, 0.3) is 0 Å². The van der Waals surface area contributed by atoms with Gasteiger partial charge in [-0.05, 0) is 23.8 Å². The summed E-state index contributed by atoms with van der Waals surface area (Å²) in [6, 6.07) is 4.03. The first kappa shape index (κ1) is 11.6. The SMILES string of the molecule is O=C(O)c1cn(Cc2cc(F)ccc2Cl)cn1. The molecule has 0 aliphatic rings. The fraction of sp³-hybridized carbons (Fsp3) is 0.0909. The van der Waals surface area contributed by atoms with Gasteiger partial charge in [-0.25, -0.2) is 14.2 Å². The Bertz CT molecular complexity index is 568. The van der Waals surface area contributed by atoms with Crippen molar-refractivity contribution in [2.75, 3.05) is 0 Å². The highest BCUT2D eigenvalue weighted by Gasteiger charge is 2.08. The second-order valence-corrected chi connectivity index (χ2v) is 3.88. The predicted molar refractivity (Wildman–Crippen MR) is 59.7 cm³/mol. The van der Waals surface area contributed by atoms with Gasteiger partial charge in [0.15, 0.2) is 5.69 Å². The molecule has 1 heterocycles. The second-order valence-electron chi connectivity index (χ2n) is 3.47. The number of rotatable bonds is 3. The van der Waals surface area contributed by atoms with Crippen LogP contribution in [0.5, 0.6) is 0 Å². The molecule has 0 bridgehead atoms. The van der Waals surface area contributed by atoms with Crippen molar-refractivity contribution in [1.29, 1.82) is 0 Å². The molecule has 6 heteroatoms. The minimum absolute atomic E-state index is 0.0578. The Kier molecular flexibility index (Phi) is 3.10. The molecule has 2 aromatic rings. The van der Waals surface area contributed by atoms with Crippen LogP contribution in [-0.4, -0.2) is 20.6 Å². The van der Waals surface area contributed by atoms with E-state index in [4.69, 9.17) is 16.7 Å². The lowest BCUT2D eigenvalue weighted by Crippen LogP contribution is -1.99. The van der Waals surface area contributed by atoms with Crippen LogP contribution in [0.2, 0.25) is 5.02 Å². The van der Waals surface area contributed by atoms with Crippen LogP contribution in [-0.2, 0) is 6.54 Å². The Morgan fingerprint density at radius 2 is 2.29 bits per heavy atom. The van der Waals surface area contributed by atoms with Crippen molar-refractivity contribution in [3.8, 4) is 0 Å². The monoisotopic (exact) mass is 254 g/mol. The Hall–Kier alpha value is -1.88. The quantitative estimate of drug-likeness (QED) is 0.915. The van der Waals surface area contributed by atoms with E-state index in [1.54, 1.807) is 0 Å². The molecule has 0 atom stereocenters. The van der Waals surface area contributed by atoms with Gasteiger partial charge in [-0.2, -0.15) is 0 Å². The van der Waals surface area contributed by atoms with E-state index < -0.39 is 5.97 Å². The van der Waals surface area contributed by atoms with Crippen molar-refractivity contribution in [1.82, 2.24) is 9.55 Å². The molecule has 0 saturated heterocycles. The normalized spacial score (nSPS) is 10.5. The standard InChI is InChI=1S/C11H8ClFN2O2/c12-9-2-1-8(13)3-7(9)4-15-5-10(11(16)17)14-6-15/h1-3,5-6H,4H2,(H,16,17). The number of aromatic nitrogens is 2. The van der Waals surface area contributed by atoms with Crippen molar-refractivity contribution in [3.05, 3.63) is 52.8 Å². The lowest BCUT2D eigenvalue weighted by atomic mass is 10.2. The molecule has 17 heavy (non-hydrogen) atoms. The van der Waals surface area contributed by atoms with Crippen molar-refractivity contribution in [3.63, 3.8) is 0 Å². The highest BCUT2D eigenvalue weighted by molar-refractivity contribution is 6.31. The molecule has 0 aliphatic heterocycles. The summed E-state index contributed by atoms with van der Waals surface area (Å²) >= 11 is 5.90. The molecule has 1 aromatic heterocycles. The molecule has 0 radical (unpaired) electrons. The minimum Gasteiger partial charge on any atom is -0.476 e. The van der Waals surface area contributed by atoms with Crippen molar-refractivity contribution < 1.29 is 14.3 Å². The van der Waals surface area contributed by atoms with E-state index in [0.717, 1.165) is 0 Å². The van der Waals surface area contributed by atoms with Gasteiger partial charge >= 0.3 is 5.97 Å². The van der Waals surface area contributed by atoms with Crippen LogP contribution in [0.4, 0.5) is 4.39 Å². The van der Waals surface area contributed by atoms with Gasteiger partial charge in [0.2, 0.25) is 0 Å². The van der Waals surface area contributed by atoms with E-state index in [-0.39, 0.29) is 18.1 Å².